The van der Waals surface area contributed by atoms with Crippen molar-refractivity contribution in [3.8, 4) is 5.75 Å². The van der Waals surface area contributed by atoms with E-state index in [-0.39, 0.29) is 5.57 Å². The van der Waals surface area contributed by atoms with Crippen molar-refractivity contribution in [2.75, 3.05) is 5.32 Å². The lowest BCUT2D eigenvalue weighted by Gasteiger charge is -2.29. The largest absolute Gasteiger partial charge is 0.489 e. The lowest BCUT2D eigenvalue weighted by atomic mass is 10.2. The van der Waals surface area contributed by atoms with Crippen LogP contribution in [0.3, 0.4) is 0 Å². The van der Waals surface area contributed by atoms with Crippen molar-refractivity contribution in [3.05, 3.63) is 53.5 Å². The molecular formula is C19H21N3O5. The maximum absolute atomic E-state index is 11.9. The molecule has 1 N–H and O–H groups in total. The molecule has 27 heavy (non-hydrogen) atoms. The van der Waals surface area contributed by atoms with E-state index in [0.717, 1.165) is 11.3 Å². The first-order valence-electron chi connectivity index (χ1n) is 8.39. The van der Waals surface area contributed by atoms with Crippen LogP contribution in [0.5, 0.6) is 5.75 Å². The molecule has 8 heteroatoms. The van der Waals surface area contributed by atoms with E-state index in [1.807, 2.05) is 20.2 Å². The van der Waals surface area contributed by atoms with E-state index in [4.69, 9.17) is 14.2 Å². The monoisotopic (exact) mass is 371 g/mol. The zero-order chi connectivity index (χ0) is 19.6. The molecule has 1 aliphatic heterocycles. The number of nitrogens with one attached hydrogen (secondary N) is 1. The van der Waals surface area contributed by atoms with Crippen LogP contribution in [0, 0.1) is 6.92 Å². The number of benzene rings is 1. The van der Waals surface area contributed by atoms with Crippen molar-refractivity contribution in [3.63, 3.8) is 0 Å². The third kappa shape index (κ3) is 4.46. The van der Waals surface area contributed by atoms with Gasteiger partial charge in [0.2, 0.25) is 0 Å². The molecule has 0 aliphatic carbocycles. The number of hydrogen-bond donors (Lipinski definition) is 1. The second-order valence-corrected chi connectivity index (χ2v) is 6.61. The summed E-state index contributed by atoms with van der Waals surface area (Å²) < 4.78 is 17.6. The van der Waals surface area contributed by atoms with E-state index in [2.05, 4.69) is 10.4 Å². The summed E-state index contributed by atoms with van der Waals surface area (Å²) in [7, 11) is 1.87. The summed E-state index contributed by atoms with van der Waals surface area (Å²) in [5.41, 5.74) is 2.43. The molecule has 2 aromatic rings. The van der Waals surface area contributed by atoms with Gasteiger partial charge in [0.15, 0.2) is 5.57 Å². The average molecular weight is 371 g/mol. The first-order valence-corrected chi connectivity index (χ1v) is 8.39. The summed E-state index contributed by atoms with van der Waals surface area (Å²) in [6.07, 6.45) is 3.19. The summed E-state index contributed by atoms with van der Waals surface area (Å²) in [5.74, 6) is -2.02. The van der Waals surface area contributed by atoms with Crippen LogP contribution in [-0.4, -0.2) is 27.5 Å². The fraction of sp³-hybridized carbons (Fsp3) is 0.316. The summed E-state index contributed by atoms with van der Waals surface area (Å²) >= 11 is 0. The van der Waals surface area contributed by atoms with Crippen molar-refractivity contribution in [2.45, 2.75) is 33.2 Å². The molecule has 8 nitrogen and oxygen atoms in total. The first kappa shape index (κ1) is 18.5. The topological polar surface area (TPSA) is 91.7 Å². The minimum absolute atomic E-state index is 0.193. The Morgan fingerprint density at radius 1 is 1.19 bits per heavy atom. The Kier molecular flexibility index (Phi) is 4.89. The normalized spacial score (nSPS) is 15.8. The number of ether oxygens (including phenoxy) is 3. The van der Waals surface area contributed by atoms with E-state index in [1.165, 1.54) is 20.0 Å². The number of aromatic nitrogens is 2. The quantitative estimate of drug-likeness (QED) is 0.490. The molecule has 0 amide bonds. The molecular weight excluding hydrogens is 350 g/mol. The Balaban J connectivity index is 1.60. The molecule has 142 valence electrons. The van der Waals surface area contributed by atoms with Crippen LogP contribution in [0.4, 0.5) is 5.69 Å². The Labute approximate surface area is 156 Å². The standard InChI is InChI=1S/C19H21N3O5/c1-12-13(10-22(4)21-12)11-25-15-7-5-14(6-8-15)20-9-16-17(23)26-19(2,3)27-18(16)24/h5-10,20H,11H2,1-4H3. The molecule has 0 spiro atoms. The van der Waals surface area contributed by atoms with Crippen molar-refractivity contribution in [2.24, 2.45) is 7.05 Å². The summed E-state index contributed by atoms with van der Waals surface area (Å²) in [6, 6.07) is 7.11. The number of aryl methyl sites for hydroxylation is 2. The number of cyclic esters (lactones) is 2. The van der Waals surface area contributed by atoms with Gasteiger partial charge in [0.25, 0.3) is 5.79 Å². The van der Waals surface area contributed by atoms with Gasteiger partial charge in [-0.1, -0.05) is 0 Å². The van der Waals surface area contributed by atoms with Gasteiger partial charge in [-0.15, -0.1) is 0 Å². The second-order valence-electron chi connectivity index (χ2n) is 6.61. The van der Waals surface area contributed by atoms with Gasteiger partial charge in [-0.3, -0.25) is 4.68 Å². The van der Waals surface area contributed by atoms with E-state index >= 15 is 0 Å². The summed E-state index contributed by atoms with van der Waals surface area (Å²) in [4.78, 5) is 23.8. The van der Waals surface area contributed by atoms with Gasteiger partial charge in [0.1, 0.15) is 12.4 Å². The van der Waals surface area contributed by atoms with Gasteiger partial charge >= 0.3 is 11.9 Å². The molecule has 0 atom stereocenters. The highest BCUT2D eigenvalue weighted by Crippen LogP contribution is 2.23. The predicted octanol–water partition coefficient (Wildman–Crippen LogP) is 2.44. The van der Waals surface area contributed by atoms with Crippen LogP contribution in [-0.2, 0) is 32.7 Å². The van der Waals surface area contributed by atoms with Crippen LogP contribution in [0.2, 0.25) is 0 Å². The Hall–Kier alpha value is -3.29. The maximum atomic E-state index is 11.9. The molecule has 0 saturated carbocycles. The lowest BCUT2D eigenvalue weighted by molar-refractivity contribution is -0.222. The molecule has 0 radical (unpaired) electrons. The number of anilines is 1. The van der Waals surface area contributed by atoms with Gasteiger partial charge in [-0.2, -0.15) is 5.10 Å². The minimum Gasteiger partial charge on any atom is -0.489 e. The number of carbonyl (C=O) groups excluding carboxylic acids is 2. The van der Waals surface area contributed by atoms with Crippen LogP contribution in [0.15, 0.2) is 42.2 Å². The first-order chi connectivity index (χ1) is 12.7. The average Bonchev–Trinajstić information content (AvgIpc) is 2.89. The molecule has 1 aromatic heterocycles. The van der Waals surface area contributed by atoms with E-state index in [9.17, 15) is 9.59 Å². The highest BCUT2D eigenvalue weighted by Gasteiger charge is 2.38. The molecule has 1 aliphatic rings. The van der Waals surface area contributed by atoms with Crippen molar-refractivity contribution >= 4 is 17.6 Å². The molecule has 0 bridgehead atoms. The molecule has 2 heterocycles. The summed E-state index contributed by atoms with van der Waals surface area (Å²) in [6.45, 7) is 5.35. The van der Waals surface area contributed by atoms with E-state index in [0.29, 0.717) is 18.0 Å². The molecule has 0 unspecified atom stereocenters. The fourth-order valence-electron chi connectivity index (χ4n) is 2.53. The van der Waals surface area contributed by atoms with Crippen LogP contribution in [0.25, 0.3) is 0 Å². The molecule has 1 aromatic carbocycles. The number of esters is 2. The minimum atomic E-state index is -1.25. The number of hydrogen-bond acceptors (Lipinski definition) is 7. The maximum Gasteiger partial charge on any atom is 0.350 e. The highest BCUT2D eigenvalue weighted by atomic mass is 16.7. The van der Waals surface area contributed by atoms with Crippen LogP contribution >= 0.6 is 0 Å². The molecule has 1 fully saturated rings. The van der Waals surface area contributed by atoms with Gasteiger partial charge in [0, 0.05) is 44.5 Å². The fourth-order valence-corrected chi connectivity index (χ4v) is 2.53. The molecule has 3 rings (SSSR count). The Bertz CT molecular complexity index is 875. The number of rotatable bonds is 5. The zero-order valence-electron chi connectivity index (χ0n) is 15.6. The SMILES string of the molecule is Cc1nn(C)cc1COc1ccc(NC=C2C(=O)OC(C)(C)OC2=O)cc1. The van der Waals surface area contributed by atoms with Crippen LogP contribution in [0.1, 0.15) is 25.1 Å². The van der Waals surface area contributed by atoms with Gasteiger partial charge in [-0.25, -0.2) is 9.59 Å². The second kappa shape index (κ2) is 7.14. The van der Waals surface area contributed by atoms with Crippen LogP contribution < -0.4 is 10.1 Å². The van der Waals surface area contributed by atoms with Gasteiger partial charge in [0.05, 0.1) is 5.69 Å². The number of nitrogens with zero attached hydrogens (tertiary/aromatic N) is 2. The number of carbonyl (C=O) groups is 2. The van der Waals surface area contributed by atoms with Crippen molar-refractivity contribution in [1.82, 2.24) is 9.78 Å². The Morgan fingerprint density at radius 2 is 1.81 bits per heavy atom. The predicted molar refractivity (Wildman–Crippen MR) is 96.7 cm³/mol. The highest BCUT2D eigenvalue weighted by molar-refractivity contribution is 6.15. The smallest absolute Gasteiger partial charge is 0.350 e. The van der Waals surface area contributed by atoms with E-state index < -0.39 is 17.7 Å². The van der Waals surface area contributed by atoms with Crippen molar-refractivity contribution in [1.29, 1.82) is 0 Å². The van der Waals surface area contributed by atoms with Gasteiger partial charge in [-0.05, 0) is 31.2 Å². The van der Waals surface area contributed by atoms with Crippen molar-refractivity contribution < 1.29 is 23.8 Å². The van der Waals surface area contributed by atoms with E-state index in [1.54, 1.807) is 28.9 Å². The zero-order valence-corrected chi connectivity index (χ0v) is 15.6. The lowest BCUT2D eigenvalue weighted by Crippen LogP contribution is -2.42. The third-order valence-electron chi connectivity index (χ3n) is 3.86. The summed E-state index contributed by atoms with van der Waals surface area (Å²) in [5, 5.41) is 7.16. The van der Waals surface area contributed by atoms with Gasteiger partial charge < -0.3 is 19.5 Å². The third-order valence-corrected chi connectivity index (χ3v) is 3.86. The molecule has 1 saturated heterocycles. The Morgan fingerprint density at radius 3 is 2.37 bits per heavy atom.